The minimum absolute atomic E-state index is 0.348. The Labute approximate surface area is 132 Å². The minimum Gasteiger partial charge on any atom is -0.496 e. The number of nitrogens with two attached hydrogens (primary N) is 1. The molecule has 22 heavy (non-hydrogen) atoms. The summed E-state index contributed by atoms with van der Waals surface area (Å²) >= 11 is 0. The second-order valence-corrected chi connectivity index (χ2v) is 5.69. The van der Waals surface area contributed by atoms with Crippen LogP contribution in [0.15, 0.2) is 18.2 Å². The van der Waals surface area contributed by atoms with Gasteiger partial charge in [0.05, 0.1) is 13.7 Å². The number of ether oxygens (including phenoxy) is 2. The highest BCUT2D eigenvalue weighted by Gasteiger charge is 2.18. The average molecular weight is 306 g/mol. The molecule has 122 valence electrons. The lowest BCUT2D eigenvalue weighted by Crippen LogP contribution is -2.34. The fourth-order valence-corrected chi connectivity index (χ4v) is 2.85. The molecule has 0 saturated carbocycles. The first kappa shape index (κ1) is 16.8. The molecular weight excluding hydrogens is 280 g/mol. The Bertz CT molecular complexity index is 499. The van der Waals surface area contributed by atoms with Crippen molar-refractivity contribution in [2.24, 2.45) is 5.73 Å². The molecule has 1 aromatic carbocycles. The maximum absolute atomic E-state index is 11.7. The summed E-state index contributed by atoms with van der Waals surface area (Å²) in [6.45, 7) is 5.29. The van der Waals surface area contributed by atoms with Gasteiger partial charge in [0.25, 0.3) is 0 Å². The van der Waals surface area contributed by atoms with E-state index in [4.69, 9.17) is 15.2 Å². The van der Waals surface area contributed by atoms with Gasteiger partial charge in [0, 0.05) is 12.1 Å². The Morgan fingerprint density at radius 2 is 2.09 bits per heavy atom. The molecule has 2 N–H and O–H groups in total. The molecule has 1 aliphatic rings. The number of carbonyl (C=O) groups excluding carboxylic acids is 1. The molecule has 0 bridgehead atoms. The lowest BCUT2D eigenvalue weighted by molar-refractivity contribution is -0.144. The van der Waals surface area contributed by atoms with E-state index in [9.17, 15) is 4.79 Å². The summed E-state index contributed by atoms with van der Waals surface area (Å²) in [5.74, 6) is 0.541. The quantitative estimate of drug-likeness (QED) is 0.777. The highest BCUT2D eigenvalue weighted by Crippen LogP contribution is 2.24. The highest BCUT2D eigenvalue weighted by atomic mass is 16.5. The average Bonchev–Trinajstić information content (AvgIpc) is 3.01. The van der Waals surface area contributed by atoms with E-state index in [2.05, 4.69) is 11.0 Å². The Morgan fingerprint density at radius 3 is 2.73 bits per heavy atom. The van der Waals surface area contributed by atoms with E-state index in [1.165, 1.54) is 12.8 Å². The molecule has 1 saturated heterocycles. The number of rotatable bonds is 7. The molecule has 0 aromatic heterocycles. The number of carbonyl (C=O) groups is 1. The summed E-state index contributed by atoms with van der Waals surface area (Å²) < 4.78 is 10.4. The van der Waals surface area contributed by atoms with E-state index in [1.54, 1.807) is 14.0 Å². The number of hydrogen-bond acceptors (Lipinski definition) is 5. The zero-order valence-electron chi connectivity index (χ0n) is 13.5. The summed E-state index contributed by atoms with van der Waals surface area (Å²) in [6.07, 6.45) is 3.00. The van der Waals surface area contributed by atoms with Crippen LogP contribution in [0.4, 0.5) is 0 Å². The molecular formula is C17H26N2O3. The predicted molar refractivity (Wildman–Crippen MR) is 85.8 cm³/mol. The van der Waals surface area contributed by atoms with Crippen molar-refractivity contribution in [2.45, 2.75) is 38.8 Å². The third-order valence-electron chi connectivity index (χ3n) is 3.98. The first-order valence-corrected chi connectivity index (χ1v) is 7.94. The van der Waals surface area contributed by atoms with Crippen LogP contribution in [0, 0.1) is 0 Å². The Balaban J connectivity index is 2.07. The molecule has 2 rings (SSSR count). The van der Waals surface area contributed by atoms with E-state index in [1.807, 2.05) is 12.1 Å². The van der Waals surface area contributed by atoms with Gasteiger partial charge in [0.1, 0.15) is 11.8 Å². The molecule has 1 fully saturated rings. The van der Waals surface area contributed by atoms with Gasteiger partial charge in [-0.25, -0.2) is 0 Å². The topological polar surface area (TPSA) is 64.8 Å². The van der Waals surface area contributed by atoms with Crippen molar-refractivity contribution in [3.05, 3.63) is 29.3 Å². The van der Waals surface area contributed by atoms with Gasteiger partial charge in [-0.1, -0.05) is 12.1 Å². The lowest BCUT2D eigenvalue weighted by Gasteiger charge is -2.18. The number of likely N-dealkylation sites (tertiary alicyclic amines) is 1. The summed E-state index contributed by atoms with van der Waals surface area (Å²) in [4.78, 5) is 14.1. The molecule has 1 aliphatic heterocycles. The summed E-state index contributed by atoms with van der Waals surface area (Å²) in [5.41, 5.74) is 8.09. The van der Waals surface area contributed by atoms with Gasteiger partial charge in [-0.05, 0) is 50.9 Å². The molecule has 0 radical (unpaired) electrons. The van der Waals surface area contributed by atoms with E-state index in [0.717, 1.165) is 36.5 Å². The van der Waals surface area contributed by atoms with Crippen LogP contribution in [0.2, 0.25) is 0 Å². The second kappa shape index (κ2) is 8.15. The maximum Gasteiger partial charge on any atom is 0.323 e. The number of benzene rings is 1. The molecule has 0 spiro atoms. The van der Waals surface area contributed by atoms with Crippen LogP contribution >= 0.6 is 0 Å². The predicted octanol–water partition coefficient (Wildman–Crippen LogP) is 1.72. The smallest absolute Gasteiger partial charge is 0.323 e. The first-order chi connectivity index (χ1) is 10.6. The normalized spacial score (nSPS) is 16.5. The van der Waals surface area contributed by atoms with Crippen molar-refractivity contribution in [1.82, 2.24) is 4.90 Å². The summed E-state index contributed by atoms with van der Waals surface area (Å²) in [6, 6.07) is 5.40. The molecule has 1 aromatic rings. The van der Waals surface area contributed by atoms with Crippen molar-refractivity contribution in [1.29, 1.82) is 0 Å². The van der Waals surface area contributed by atoms with Gasteiger partial charge in [0.2, 0.25) is 0 Å². The number of hydrogen-bond donors (Lipinski definition) is 1. The molecule has 1 heterocycles. The minimum atomic E-state index is -0.618. The van der Waals surface area contributed by atoms with Crippen LogP contribution in [0.3, 0.4) is 0 Å². The molecule has 5 heteroatoms. The van der Waals surface area contributed by atoms with E-state index in [0.29, 0.717) is 13.0 Å². The SMILES string of the molecule is CCOC(=O)C(N)Cc1ccc(OC)c(CN2CCCC2)c1. The summed E-state index contributed by atoms with van der Waals surface area (Å²) in [5, 5.41) is 0. The fraction of sp³-hybridized carbons (Fsp3) is 0.588. The van der Waals surface area contributed by atoms with E-state index < -0.39 is 6.04 Å². The third-order valence-corrected chi connectivity index (χ3v) is 3.98. The molecule has 0 amide bonds. The number of esters is 1. The van der Waals surface area contributed by atoms with Crippen LogP contribution in [0.5, 0.6) is 5.75 Å². The molecule has 0 aliphatic carbocycles. The Morgan fingerprint density at radius 1 is 1.36 bits per heavy atom. The Kier molecular flexibility index (Phi) is 6.21. The van der Waals surface area contributed by atoms with Crippen LogP contribution in [-0.2, 0) is 22.5 Å². The van der Waals surface area contributed by atoms with E-state index in [-0.39, 0.29) is 5.97 Å². The number of methoxy groups -OCH3 is 1. The third kappa shape index (κ3) is 4.45. The monoisotopic (exact) mass is 306 g/mol. The fourth-order valence-electron chi connectivity index (χ4n) is 2.85. The van der Waals surface area contributed by atoms with Gasteiger partial charge in [0.15, 0.2) is 0 Å². The van der Waals surface area contributed by atoms with Gasteiger partial charge < -0.3 is 15.2 Å². The molecule has 1 unspecified atom stereocenters. The highest BCUT2D eigenvalue weighted by molar-refractivity contribution is 5.75. The van der Waals surface area contributed by atoms with Crippen LogP contribution < -0.4 is 10.5 Å². The van der Waals surface area contributed by atoms with Crippen molar-refractivity contribution >= 4 is 5.97 Å². The maximum atomic E-state index is 11.7. The zero-order chi connectivity index (χ0) is 15.9. The number of nitrogens with zero attached hydrogens (tertiary/aromatic N) is 1. The van der Waals surface area contributed by atoms with E-state index >= 15 is 0 Å². The molecule has 1 atom stereocenters. The second-order valence-electron chi connectivity index (χ2n) is 5.69. The van der Waals surface area contributed by atoms with Crippen molar-refractivity contribution in [3.8, 4) is 5.75 Å². The standard InChI is InChI=1S/C17H26N2O3/c1-3-22-17(20)15(18)11-13-6-7-16(21-2)14(10-13)12-19-8-4-5-9-19/h6-7,10,15H,3-5,8-9,11-12,18H2,1-2H3. The summed E-state index contributed by atoms with van der Waals surface area (Å²) in [7, 11) is 1.69. The van der Waals surface area contributed by atoms with Crippen LogP contribution in [0.1, 0.15) is 30.9 Å². The van der Waals surface area contributed by atoms with Gasteiger partial charge >= 0.3 is 5.97 Å². The van der Waals surface area contributed by atoms with Crippen molar-refractivity contribution in [3.63, 3.8) is 0 Å². The largest absolute Gasteiger partial charge is 0.496 e. The first-order valence-electron chi connectivity index (χ1n) is 7.94. The van der Waals surface area contributed by atoms with Gasteiger partial charge in [-0.15, -0.1) is 0 Å². The Hall–Kier alpha value is -1.59. The van der Waals surface area contributed by atoms with Gasteiger partial charge in [-0.3, -0.25) is 9.69 Å². The zero-order valence-corrected chi connectivity index (χ0v) is 13.5. The van der Waals surface area contributed by atoms with Crippen molar-refractivity contribution < 1.29 is 14.3 Å². The van der Waals surface area contributed by atoms with Crippen LogP contribution in [-0.4, -0.2) is 43.7 Å². The van der Waals surface area contributed by atoms with Crippen LogP contribution in [0.25, 0.3) is 0 Å². The van der Waals surface area contributed by atoms with Crippen molar-refractivity contribution in [2.75, 3.05) is 26.8 Å². The molecule has 5 nitrogen and oxygen atoms in total. The van der Waals surface area contributed by atoms with Gasteiger partial charge in [-0.2, -0.15) is 0 Å². The lowest BCUT2D eigenvalue weighted by atomic mass is 10.0.